The van der Waals surface area contributed by atoms with E-state index >= 15 is 0 Å². The van der Waals surface area contributed by atoms with Gasteiger partial charge >= 0.3 is 6.18 Å². The minimum atomic E-state index is -4.61. The number of likely N-dealkylation sites (tertiary alicyclic amines) is 1. The molecule has 2 N–H and O–H groups in total. The summed E-state index contributed by atoms with van der Waals surface area (Å²) in [7, 11) is 1.58. The molecule has 1 aliphatic carbocycles. The molecule has 0 spiro atoms. The van der Waals surface area contributed by atoms with Crippen molar-refractivity contribution in [2.75, 3.05) is 42.3 Å². The number of rotatable bonds is 9. The molecular weight excluding hydrogens is 569 g/mol. The van der Waals surface area contributed by atoms with Crippen LogP contribution in [0.2, 0.25) is 0 Å². The zero-order chi connectivity index (χ0) is 30.8. The number of anilines is 4. The lowest BCUT2D eigenvalue weighted by Crippen LogP contribution is -2.47. The Morgan fingerprint density at radius 1 is 1.11 bits per heavy atom. The van der Waals surface area contributed by atoms with Gasteiger partial charge in [0.15, 0.2) is 0 Å². The fourth-order valence-electron chi connectivity index (χ4n) is 7.20. The van der Waals surface area contributed by atoms with E-state index in [2.05, 4.69) is 30.4 Å². The molecule has 11 heteroatoms. The van der Waals surface area contributed by atoms with Gasteiger partial charge in [-0.3, -0.25) is 9.69 Å². The molecule has 3 fully saturated rings. The third kappa shape index (κ3) is 5.25. The molecule has 4 aliphatic rings. The number of hydrogen-bond donors (Lipinski definition) is 2. The lowest BCUT2D eigenvalue weighted by molar-refractivity contribution is -0.138. The highest BCUT2D eigenvalue weighted by Crippen LogP contribution is 2.42. The molecule has 7 rings (SSSR count). The molecule has 2 atom stereocenters. The quantitative estimate of drug-likeness (QED) is 0.312. The van der Waals surface area contributed by atoms with Crippen LogP contribution in [0.25, 0.3) is 0 Å². The summed E-state index contributed by atoms with van der Waals surface area (Å²) in [6.45, 7) is 6.94. The molecule has 2 unspecified atom stereocenters. The van der Waals surface area contributed by atoms with Crippen molar-refractivity contribution in [2.24, 2.45) is 5.92 Å². The number of benzene rings is 2. The van der Waals surface area contributed by atoms with Crippen LogP contribution in [0.3, 0.4) is 0 Å². The lowest BCUT2D eigenvalue weighted by atomic mass is 9.82. The van der Waals surface area contributed by atoms with Gasteiger partial charge in [-0.1, -0.05) is 12.1 Å². The number of aryl methyl sites for hydroxylation is 2. The number of carbonyl (C=O) groups excluding carboxylic acids is 1. The summed E-state index contributed by atoms with van der Waals surface area (Å²) in [5.74, 6) is 1.39. The van der Waals surface area contributed by atoms with Gasteiger partial charge in [0.2, 0.25) is 11.9 Å². The summed E-state index contributed by atoms with van der Waals surface area (Å²) >= 11 is 0. The predicted molar refractivity (Wildman–Crippen MR) is 163 cm³/mol. The van der Waals surface area contributed by atoms with Gasteiger partial charge in [-0.15, -0.1) is 0 Å². The monoisotopic (exact) mass is 606 g/mol. The van der Waals surface area contributed by atoms with Crippen molar-refractivity contribution in [3.05, 3.63) is 65.0 Å². The fraction of sp³-hybridized carbons (Fsp3) is 0.485. The van der Waals surface area contributed by atoms with Gasteiger partial charge in [0.25, 0.3) is 0 Å². The van der Waals surface area contributed by atoms with Gasteiger partial charge in [-0.05, 0) is 81.2 Å². The molecule has 2 bridgehead atoms. The van der Waals surface area contributed by atoms with Crippen molar-refractivity contribution < 1.29 is 22.7 Å². The number of fused-ring (bicyclic) bond motifs is 3. The highest BCUT2D eigenvalue weighted by Gasteiger charge is 2.45. The fourth-order valence-corrected chi connectivity index (χ4v) is 7.20. The van der Waals surface area contributed by atoms with E-state index in [-0.39, 0.29) is 30.4 Å². The Morgan fingerprint density at radius 3 is 2.64 bits per heavy atom. The molecular formula is C33H37F3N6O2. The van der Waals surface area contributed by atoms with E-state index in [1.165, 1.54) is 25.8 Å². The summed E-state index contributed by atoms with van der Waals surface area (Å²) in [4.78, 5) is 26.0. The van der Waals surface area contributed by atoms with Crippen LogP contribution >= 0.6 is 0 Å². The molecule has 1 aromatic heterocycles. The first-order chi connectivity index (χ1) is 21.0. The summed E-state index contributed by atoms with van der Waals surface area (Å²) in [6, 6.07) is 12.4. The van der Waals surface area contributed by atoms with Crippen molar-refractivity contribution in [1.29, 1.82) is 0 Å². The number of alkyl halides is 3. The van der Waals surface area contributed by atoms with Gasteiger partial charge in [0.05, 0.1) is 29.5 Å². The van der Waals surface area contributed by atoms with Crippen LogP contribution in [-0.4, -0.2) is 59.6 Å². The second kappa shape index (κ2) is 10.6. The zero-order valence-electron chi connectivity index (χ0n) is 25.2. The van der Waals surface area contributed by atoms with Crippen molar-refractivity contribution in [1.82, 2.24) is 14.9 Å². The lowest BCUT2D eigenvalue weighted by Gasteiger charge is -2.36. The van der Waals surface area contributed by atoms with E-state index in [1.807, 2.05) is 44.2 Å². The van der Waals surface area contributed by atoms with Crippen LogP contribution in [-0.2, 0) is 29.2 Å². The minimum Gasteiger partial charge on any atom is -0.494 e. The molecule has 2 aromatic carbocycles. The van der Waals surface area contributed by atoms with Crippen molar-refractivity contribution in [2.45, 2.75) is 69.6 Å². The van der Waals surface area contributed by atoms with E-state index in [9.17, 15) is 18.0 Å². The van der Waals surface area contributed by atoms with Gasteiger partial charge in [0, 0.05) is 55.4 Å². The summed E-state index contributed by atoms with van der Waals surface area (Å²) in [6.07, 6.45) is 0.442. The molecule has 3 aromatic rings. The molecule has 2 saturated heterocycles. The highest BCUT2D eigenvalue weighted by atomic mass is 19.4. The molecule has 1 amide bonds. The van der Waals surface area contributed by atoms with Crippen LogP contribution < -0.4 is 20.3 Å². The first kappa shape index (κ1) is 28.9. The normalized spacial score (nSPS) is 22.3. The Bertz CT molecular complexity index is 1600. The number of nitrogens with one attached hydrogen (secondary N) is 2. The molecule has 3 aliphatic heterocycles. The molecule has 4 heterocycles. The maximum Gasteiger partial charge on any atom is 0.419 e. The number of ether oxygens (including phenoxy) is 1. The number of methoxy groups -OCH3 is 1. The smallest absolute Gasteiger partial charge is 0.419 e. The Kier molecular flexibility index (Phi) is 6.99. The van der Waals surface area contributed by atoms with Crippen molar-refractivity contribution >= 4 is 28.9 Å². The van der Waals surface area contributed by atoms with Gasteiger partial charge < -0.3 is 20.3 Å². The molecule has 0 radical (unpaired) electrons. The van der Waals surface area contributed by atoms with E-state index in [4.69, 9.17) is 4.74 Å². The van der Waals surface area contributed by atoms with Gasteiger partial charge in [-0.25, -0.2) is 9.97 Å². The van der Waals surface area contributed by atoms with Gasteiger partial charge in [0.1, 0.15) is 5.75 Å². The van der Waals surface area contributed by atoms with Crippen LogP contribution in [0.5, 0.6) is 5.75 Å². The largest absolute Gasteiger partial charge is 0.494 e. The molecule has 232 valence electrons. The standard InChI is InChI=1S/C33H37F3N6O2/c1-32(2)29-20(5-4-6-27(29)38-30(32)43)9-11-25-24(33(34,35)36)15-37-31(39-25)40-26-12-10-21(14-28(26)44-3)42-18-22-13-23(42)17-41(22)16-19-7-8-19/h4-6,10,12,14-15,19,22-23H,7-9,11,13,16-18H2,1-3H3,(H,38,43)(H,37,39,40). The Morgan fingerprint density at radius 2 is 1.93 bits per heavy atom. The first-order valence-corrected chi connectivity index (χ1v) is 15.3. The summed E-state index contributed by atoms with van der Waals surface area (Å²) in [5, 5.41) is 5.97. The Labute approximate surface area is 255 Å². The highest BCUT2D eigenvalue weighted by molar-refractivity contribution is 6.06. The average molecular weight is 607 g/mol. The predicted octanol–water partition coefficient (Wildman–Crippen LogP) is 5.94. The minimum absolute atomic E-state index is 0.0259. The van der Waals surface area contributed by atoms with Crippen LogP contribution in [0.4, 0.5) is 36.2 Å². The third-order valence-electron chi connectivity index (χ3n) is 9.70. The summed E-state index contributed by atoms with van der Waals surface area (Å²) < 4.78 is 47.7. The molecule has 8 nitrogen and oxygen atoms in total. The summed E-state index contributed by atoms with van der Waals surface area (Å²) in [5.41, 5.74) is 2.23. The van der Waals surface area contributed by atoms with E-state index in [0.29, 0.717) is 29.2 Å². The van der Waals surface area contributed by atoms with E-state index < -0.39 is 17.2 Å². The van der Waals surface area contributed by atoms with Crippen LogP contribution in [0, 0.1) is 5.92 Å². The Balaban J connectivity index is 1.10. The van der Waals surface area contributed by atoms with E-state index in [0.717, 1.165) is 42.0 Å². The first-order valence-electron chi connectivity index (χ1n) is 15.3. The number of aromatic nitrogens is 2. The second-order valence-electron chi connectivity index (χ2n) is 13.1. The van der Waals surface area contributed by atoms with Crippen LogP contribution in [0.1, 0.15) is 55.5 Å². The number of hydrogen-bond acceptors (Lipinski definition) is 7. The number of nitrogens with zero attached hydrogens (tertiary/aromatic N) is 4. The number of halogens is 3. The maximum atomic E-state index is 14.0. The topological polar surface area (TPSA) is 82.6 Å². The number of amides is 1. The second-order valence-corrected chi connectivity index (χ2v) is 13.1. The maximum absolute atomic E-state index is 14.0. The zero-order valence-corrected chi connectivity index (χ0v) is 25.2. The molecule has 1 saturated carbocycles. The van der Waals surface area contributed by atoms with Crippen molar-refractivity contribution in [3.8, 4) is 5.75 Å². The number of piperazine rings is 1. The Hall–Kier alpha value is -3.86. The average Bonchev–Trinajstić information content (AvgIpc) is 3.49. The van der Waals surface area contributed by atoms with Crippen molar-refractivity contribution in [3.63, 3.8) is 0 Å². The van der Waals surface area contributed by atoms with Gasteiger partial charge in [-0.2, -0.15) is 13.2 Å². The SMILES string of the molecule is COc1cc(N2CC3CC2CN3CC2CC2)ccc1Nc1ncc(C(F)(F)F)c(CCc2cccc3c2C(C)(C)C(=O)N3)n1. The van der Waals surface area contributed by atoms with E-state index in [1.54, 1.807) is 13.2 Å². The van der Waals surface area contributed by atoms with Crippen LogP contribution in [0.15, 0.2) is 42.6 Å². The third-order valence-corrected chi connectivity index (χ3v) is 9.70. The number of carbonyl (C=O) groups is 1. The molecule has 44 heavy (non-hydrogen) atoms.